The van der Waals surface area contributed by atoms with E-state index < -0.39 is 23.2 Å². The molecule has 10 aromatic rings. The first-order valence-corrected chi connectivity index (χ1v) is 24.6. The quantitative estimate of drug-likeness (QED) is 0.0615. The molecule has 0 radical (unpaired) electrons. The molecule has 5 aromatic carbocycles. The molecule has 0 aliphatic rings. The Balaban J connectivity index is 0.000000151. The van der Waals surface area contributed by atoms with Gasteiger partial charge in [-0.3, -0.25) is 0 Å². The lowest BCUT2D eigenvalue weighted by molar-refractivity contribution is 0.410. The fraction of sp³-hybridized carbons (Fsp3) is 0.286. The van der Waals surface area contributed by atoms with Crippen LogP contribution in [-0.4, -0.2) is 68.4 Å². The summed E-state index contributed by atoms with van der Waals surface area (Å²) in [6.45, 7) is 15.0. The predicted octanol–water partition coefficient (Wildman–Crippen LogP) is 10.6. The van der Waals surface area contributed by atoms with Gasteiger partial charge < -0.3 is 66.8 Å². The fourth-order valence-electron chi connectivity index (χ4n) is 8.62. The summed E-state index contributed by atoms with van der Waals surface area (Å²) in [5.74, 6) is -3.73. The summed E-state index contributed by atoms with van der Waals surface area (Å²) in [7, 11) is 0. The average Bonchev–Trinajstić information content (AvgIpc) is 4.17. The molecular weight excluding hydrogens is 972 g/mol. The first kappa shape index (κ1) is 56.3. The Hall–Kier alpha value is -6.99. The van der Waals surface area contributed by atoms with Gasteiger partial charge in [0, 0.05) is 144 Å². The topological polar surface area (TPSA) is 215 Å². The third-order valence-electron chi connectivity index (χ3n) is 11.8. The summed E-state index contributed by atoms with van der Waals surface area (Å²) in [5, 5.41) is 33.0. The van der Waals surface area contributed by atoms with Gasteiger partial charge in [-0.25, -0.2) is 13.2 Å². The van der Waals surface area contributed by atoms with Crippen LogP contribution < -0.4 is 28.7 Å². The Morgan fingerprint density at radius 1 is 0.432 bits per heavy atom. The maximum Gasteiger partial charge on any atom is 0.201 e. The van der Waals surface area contributed by atoms with E-state index in [1.807, 2.05) is 89.0 Å². The van der Waals surface area contributed by atoms with Crippen LogP contribution in [-0.2, 0) is 32.7 Å². The lowest BCUT2D eigenvalue weighted by atomic mass is 10.1. The van der Waals surface area contributed by atoms with E-state index in [1.54, 1.807) is 51.9 Å². The van der Waals surface area contributed by atoms with E-state index in [4.69, 9.17) is 40.3 Å². The number of benzene rings is 5. The Morgan fingerprint density at radius 2 is 0.905 bits per heavy atom. The number of hydrogen-bond donors (Lipinski definition) is 8. The van der Waals surface area contributed by atoms with Crippen LogP contribution in [0.2, 0.25) is 5.02 Å². The molecule has 13 nitrogen and oxygen atoms in total. The van der Waals surface area contributed by atoms with Crippen LogP contribution in [0.15, 0.2) is 128 Å². The van der Waals surface area contributed by atoms with Crippen molar-refractivity contribution in [1.29, 1.82) is 0 Å². The highest BCUT2D eigenvalue weighted by molar-refractivity contribution is 6.31. The molecule has 0 aliphatic heterocycles. The number of nitrogens with zero attached hydrogens (tertiary/aromatic N) is 5. The zero-order valence-electron chi connectivity index (χ0n) is 42.4. The second-order valence-electron chi connectivity index (χ2n) is 19.1. The minimum Gasteiger partial charge on any atom is -0.508 e. The second kappa shape index (κ2) is 24.8. The third-order valence-corrected chi connectivity index (χ3v) is 12.0. The number of fused-ring (bicyclic) bond motifs is 5. The minimum absolute atomic E-state index is 0.0534. The highest BCUT2D eigenvalue weighted by atomic mass is 35.5. The van der Waals surface area contributed by atoms with Crippen molar-refractivity contribution >= 4 is 66.1 Å². The van der Waals surface area contributed by atoms with Crippen molar-refractivity contribution < 1.29 is 32.9 Å². The monoisotopic (exact) mass is 1040 g/mol. The number of aromatic nitrogens is 5. The maximum atomic E-state index is 13.6. The molecule has 394 valence electrons. The number of hydrogen-bond acceptors (Lipinski definition) is 8. The van der Waals surface area contributed by atoms with E-state index in [-0.39, 0.29) is 47.2 Å². The van der Waals surface area contributed by atoms with Gasteiger partial charge in [0.05, 0.1) is 16.6 Å². The van der Waals surface area contributed by atoms with Crippen molar-refractivity contribution in [2.45, 2.75) is 104 Å². The number of phenols is 3. The van der Waals surface area contributed by atoms with E-state index in [2.05, 4.69) is 21.3 Å². The van der Waals surface area contributed by atoms with Crippen molar-refractivity contribution in [2.24, 2.45) is 28.7 Å². The second-order valence-corrected chi connectivity index (χ2v) is 19.6. The lowest BCUT2D eigenvalue weighted by Crippen LogP contribution is -2.21. The molecule has 0 saturated carbocycles. The molecule has 0 fully saturated rings. The summed E-state index contributed by atoms with van der Waals surface area (Å²) in [4.78, 5) is 0. The van der Waals surface area contributed by atoms with Crippen molar-refractivity contribution in [2.75, 3.05) is 0 Å². The molecule has 0 saturated heterocycles. The zero-order valence-corrected chi connectivity index (χ0v) is 43.2. The highest BCUT2D eigenvalue weighted by Crippen LogP contribution is 2.30. The Morgan fingerprint density at radius 3 is 1.50 bits per heavy atom. The number of nitrogens with two attached hydrogens (primary N) is 5. The summed E-state index contributed by atoms with van der Waals surface area (Å²) in [6, 6.07) is 28.0. The number of rotatable bonds is 10. The van der Waals surface area contributed by atoms with Crippen LogP contribution in [0, 0.1) is 30.2 Å². The van der Waals surface area contributed by atoms with Crippen molar-refractivity contribution in [1.82, 2.24) is 22.8 Å². The van der Waals surface area contributed by atoms with E-state index in [0.29, 0.717) is 29.9 Å². The number of aryl methyl sites for hydroxylation is 1. The summed E-state index contributed by atoms with van der Waals surface area (Å²) in [5.41, 5.74) is 33.7. The molecule has 0 aliphatic carbocycles. The lowest BCUT2D eigenvalue weighted by Gasteiger charge is -2.09. The van der Waals surface area contributed by atoms with Gasteiger partial charge in [-0.15, -0.1) is 0 Å². The third kappa shape index (κ3) is 14.2. The van der Waals surface area contributed by atoms with Crippen LogP contribution >= 0.6 is 11.6 Å². The largest absolute Gasteiger partial charge is 0.508 e. The van der Waals surface area contributed by atoms with Gasteiger partial charge in [0.2, 0.25) is 5.82 Å². The summed E-state index contributed by atoms with van der Waals surface area (Å²) in [6.07, 6.45) is 9.39. The van der Waals surface area contributed by atoms with E-state index >= 15 is 0 Å². The molecule has 5 heterocycles. The zero-order chi connectivity index (χ0) is 54.1. The van der Waals surface area contributed by atoms with Crippen molar-refractivity contribution in [3.8, 4) is 17.2 Å². The van der Waals surface area contributed by atoms with Crippen LogP contribution in [0.1, 0.15) is 40.2 Å². The predicted molar refractivity (Wildman–Crippen MR) is 293 cm³/mol. The van der Waals surface area contributed by atoms with E-state index in [9.17, 15) is 32.9 Å². The highest BCUT2D eigenvalue weighted by Gasteiger charge is 2.16. The smallest absolute Gasteiger partial charge is 0.201 e. The Bertz CT molecular complexity index is 3460. The van der Waals surface area contributed by atoms with Gasteiger partial charge in [0.25, 0.3) is 0 Å². The molecule has 13 N–H and O–H groups in total. The molecule has 5 unspecified atom stereocenters. The van der Waals surface area contributed by atoms with Crippen molar-refractivity contribution in [3.63, 3.8) is 0 Å². The van der Waals surface area contributed by atoms with Gasteiger partial charge >= 0.3 is 0 Å². The molecule has 5 aromatic heterocycles. The normalized spacial score (nSPS) is 13.3. The minimum atomic E-state index is -1.22. The van der Waals surface area contributed by atoms with Crippen molar-refractivity contribution in [3.05, 3.63) is 162 Å². The molecule has 0 bridgehead atoms. The average molecular weight is 1040 g/mol. The first-order valence-electron chi connectivity index (χ1n) is 24.2. The maximum absolute atomic E-state index is 13.6. The van der Waals surface area contributed by atoms with Gasteiger partial charge in [-0.1, -0.05) is 17.7 Å². The molecule has 0 spiro atoms. The van der Waals surface area contributed by atoms with E-state index in [1.165, 1.54) is 41.1 Å². The number of phenolic OH excluding ortho intramolecular Hbond substituents is 3. The Labute approximate surface area is 432 Å². The number of halogens is 5. The van der Waals surface area contributed by atoms with Gasteiger partial charge in [0.1, 0.15) is 11.6 Å². The van der Waals surface area contributed by atoms with Crippen LogP contribution in [0.4, 0.5) is 17.6 Å². The molecule has 18 heteroatoms. The van der Waals surface area contributed by atoms with Crippen LogP contribution in [0.25, 0.3) is 54.5 Å². The number of aromatic hydroxyl groups is 3. The van der Waals surface area contributed by atoms with E-state index in [0.717, 1.165) is 57.5 Å². The summed E-state index contributed by atoms with van der Waals surface area (Å²) < 4.78 is 62.7. The fourth-order valence-corrected chi connectivity index (χ4v) is 8.79. The van der Waals surface area contributed by atoms with Gasteiger partial charge in [-0.05, 0) is 131 Å². The molecular formula is C56H67ClF4N10O3. The first-order chi connectivity index (χ1) is 35.0. The molecule has 5 atom stereocenters. The SMILES string of the molecule is CC(N)Cn1ccc2c(F)c(F)c(O)cc21.CC(N)Cn1ccc2cc(F)ccc21.CC(N)Cn1ccc2ccc(Cl)cc21.CC(N)Cn1ccc2ccc(O)c(F)c21.Cc1cc(O)cc2c1ccn2CC(C)N. The standard InChI is InChI=1S/C12H16N2O.C11H13ClN2.C11H12F2N2O.C11H13FN2O.C11H13FN2/c1-8-5-10(15)6-12-11(8)3-4-14(12)7-9(2)13;1-8(13)7-14-5-4-9-2-3-10(12)6-11(9)14;1-6(14)5-15-3-2-7-8(15)4-9(16)11(13)10(7)12;1-7(13)6-14-5-4-8-2-3-9(15)10(12)11(8)14;1-8(13)7-14-5-4-9-6-10(12)2-3-11(9)14/h3-6,9,15H,7,13H2,1-2H3;2-6,8H,7,13H2,1H3;2-4,6,16H,5,14H2,1H3;2-5,7,15H,6,13H2,1H3;2-6,8H,7,13H2,1H3. The van der Waals surface area contributed by atoms with Crippen LogP contribution in [0.3, 0.4) is 0 Å². The summed E-state index contributed by atoms with van der Waals surface area (Å²) >= 11 is 5.94. The van der Waals surface area contributed by atoms with Crippen LogP contribution in [0.5, 0.6) is 17.2 Å². The Kier molecular flexibility index (Phi) is 18.9. The van der Waals surface area contributed by atoms with Gasteiger partial charge in [0.15, 0.2) is 23.1 Å². The molecule has 0 amide bonds. The molecule has 10 rings (SSSR count). The molecule has 74 heavy (non-hydrogen) atoms. The van der Waals surface area contributed by atoms with Gasteiger partial charge in [-0.2, -0.15) is 4.39 Å².